The highest BCUT2D eigenvalue weighted by Gasteiger charge is 2.33. The van der Waals surface area contributed by atoms with E-state index in [4.69, 9.17) is 0 Å². The first-order chi connectivity index (χ1) is 9.41. The van der Waals surface area contributed by atoms with Crippen molar-refractivity contribution >= 4 is 5.78 Å². The number of rotatable bonds is 4. The molecule has 110 valence electrons. The summed E-state index contributed by atoms with van der Waals surface area (Å²) in [5, 5.41) is 0. The normalized spacial score (nSPS) is 23.6. The van der Waals surface area contributed by atoms with Gasteiger partial charge in [0.2, 0.25) is 5.78 Å². The zero-order valence-corrected chi connectivity index (χ0v) is 12.2. The van der Waals surface area contributed by atoms with Crippen LogP contribution in [0.1, 0.15) is 67.8 Å². The van der Waals surface area contributed by atoms with Crippen molar-refractivity contribution in [1.82, 2.24) is 0 Å². The van der Waals surface area contributed by atoms with Gasteiger partial charge >= 0.3 is 5.92 Å². The molecular weight excluding hydrogens is 258 g/mol. The average molecular weight is 280 g/mol. The minimum absolute atomic E-state index is 0.100. The van der Waals surface area contributed by atoms with Gasteiger partial charge in [-0.2, -0.15) is 8.78 Å². The van der Waals surface area contributed by atoms with Crippen LogP contribution in [0.5, 0.6) is 0 Å². The Kier molecular flexibility index (Phi) is 4.56. The zero-order chi connectivity index (χ0) is 14.8. The monoisotopic (exact) mass is 280 g/mol. The van der Waals surface area contributed by atoms with E-state index in [0.29, 0.717) is 12.8 Å². The third-order valence-corrected chi connectivity index (χ3v) is 4.47. The average Bonchev–Trinajstić information content (AvgIpc) is 2.46. The highest BCUT2D eigenvalue weighted by atomic mass is 19.3. The Morgan fingerprint density at radius 2 is 1.70 bits per heavy atom. The van der Waals surface area contributed by atoms with Gasteiger partial charge in [0.1, 0.15) is 0 Å². The van der Waals surface area contributed by atoms with E-state index in [-0.39, 0.29) is 5.56 Å². The van der Waals surface area contributed by atoms with E-state index in [9.17, 15) is 13.6 Å². The second-order valence-corrected chi connectivity index (χ2v) is 5.97. The molecule has 0 amide bonds. The van der Waals surface area contributed by atoms with Crippen LogP contribution in [0.15, 0.2) is 24.3 Å². The summed E-state index contributed by atoms with van der Waals surface area (Å²) in [5.41, 5.74) is 1.28. The van der Waals surface area contributed by atoms with Crippen LogP contribution in [0, 0.1) is 5.92 Å². The quantitative estimate of drug-likeness (QED) is 0.692. The Hall–Kier alpha value is -1.25. The maximum atomic E-state index is 13.0. The van der Waals surface area contributed by atoms with Gasteiger partial charge in [-0.15, -0.1) is 0 Å². The number of hydrogen-bond donors (Lipinski definition) is 0. The summed E-state index contributed by atoms with van der Waals surface area (Å²) >= 11 is 0. The van der Waals surface area contributed by atoms with Crippen molar-refractivity contribution < 1.29 is 13.6 Å². The van der Waals surface area contributed by atoms with Crippen LogP contribution in [0.25, 0.3) is 0 Å². The molecule has 1 fully saturated rings. The maximum Gasteiger partial charge on any atom is 0.307 e. The van der Waals surface area contributed by atoms with Crippen molar-refractivity contribution in [3.8, 4) is 0 Å². The van der Waals surface area contributed by atoms with Gasteiger partial charge in [0.25, 0.3) is 0 Å². The molecule has 0 bridgehead atoms. The largest absolute Gasteiger partial charge is 0.307 e. The summed E-state index contributed by atoms with van der Waals surface area (Å²) in [5.74, 6) is -3.03. The van der Waals surface area contributed by atoms with E-state index in [1.807, 2.05) is 12.1 Å². The number of Topliss-reactive ketones (excluding diaryl/α,β-unsaturated/α-hetero) is 1. The van der Waals surface area contributed by atoms with E-state index >= 15 is 0 Å². The van der Waals surface area contributed by atoms with Crippen molar-refractivity contribution in [3.63, 3.8) is 0 Å². The van der Waals surface area contributed by atoms with Gasteiger partial charge in [0, 0.05) is 12.5 Å². The minimum atomic E-state index is -3.29. The molecule has 0 spiro atoms. The highest BCUT2D eigenvalue weighted by molar-refractivity contribution is 6.01. The topological polar surface area (TPSA) is 17.1 Å². The first-order valence-electron chi connectivity index (χ1n) is 7.44. The van der Waals surface area contributed by atoms with E-state index in [2.05, 4.69) is 6.92 Å². The molecule has 1 saturated carbocycles. The fraction of sp³-hybridized carbons (Fsp3) is 0.588. The molecule has 1 aliphatic carbocycles. The number of halogens is 2. The number of hydrogen-bond acceptors (Lipinski definition) is 1. The number of carbonyl (C=O) groups excluding carboxylic acids is 1. The standard InChI is InChI=1S/C17H22F2O/c1-3-12-4-6-13(7-5-12)14-8-10-15(11-9-14)16(20)17(2,18)19/h8-13H,3-7H2,1-2H3. The van der Waals surface area contributed by atoms with Crippen LogP contribution in [0.2, 0.25) is 0 Å². The summed E-state index contributed by atoms with van der Waals surface area (Å²) in [6.45, 7) is 2.88. The van der Waals surface area contributed by atoms with Crippen LogP contribution in [-0.4, -0.2) is 11.7 Å². The van der Waals surface area contributed by atoms with Crippen molar-refractivity contribution in [2.24, 2.45) is 5.92 Å². The first kappa shape index (κ1) is 15.1. The number of carbonyl (C=O) groups is 1. The molecule has 1 aromatic carbocycles. The molecule has 0 saturated heterocycles. The Morgan fingerprint density at radius 3 is 2.15 bits per heavy atom. The lowest BCUT2D eigenvalue weighted by Crippen LogP contribution is -2.24. The molecule has 0 unspecified atom stereocenters. The molecule has 1 aliphatic rings. The van der Waals surface area contributed by atoms with Crippen LogP contribution >= 0.6 is 0 Å². The Labute approximate surface area is 119 Å². The van der Waals surface area contributed by atoms with Crippen molar-refractivity contribution in [3.05, 3.63) is 35.4 Å². The van der Waals surface area contributed by atoms with Crippen molar-refractivity contribution in [2.45, 2.75) is 57.8 Å². The Morgan fingerprint density at radius 1 is 1.15 bits per heavy atom. The predicted octanol–water partition coefficient (Wildman–Crippen LogP) is 5.21. The SMILES string of the molecule is CCC1CCC(c2ccc(C(=O)C(C)(F)F)cc2)CC1. The Bertz CT molecular complexity index is 451. The van der Waals surface area contributed by atoms with Crippen molar-refractivity contribution in [1.29, 1.82) is 0 Å². The van der Waals surface area contributed by atoms with Crippen molar-refractivity contribution in [2.75, 3.05) is 0 Å². The third-order valence-electron chi connectivity index (χ3n) is 4.47. The third kappa shape index (κ3) is 3.44. The summed E-state index contributed by atoms with van der Waals surface area (Å²) in [4.78, 5) is 11.5. The van der Waals surface area contributed by atoms with Crippen LogP contribution < -0.4 is 0 Å². The molecule has 1 nitrogen and oxygen atoms in total. The molecule has 1 aromatic rings. The fourth-order valence-corrected chi connectivity index (χ4v) is 3.06. The lowest BCUT2D eigenvalue weighted by Gasteiger charge is -2.28. The summed E-state index contributed by atoms with van der Waals surface area (Å²) in [7, 11) is 0. The Balaban J connectivity index is 2.04. The minimum Gasteiger partial charge on any atom is -0.287 e. The van der Waals surface area contributed by atoms with Gasteiger partial charge in [-0.3, -0.25) is 4.79 Å². The second-order valence-electron chi connectivity index (χ2n) is 5.97. The van der Waals surface area contributed by atoms with Crippen LogP contribution in [0.3, 0.4) is 0 Å². The lowest BCUT2D eigenvalue weighted by atomic mass is 9.78. The van der Waals surface area contributed by atoms with E-state index < -0.39 is 11.7 Å². The predicted molar refractivity (Wildman–Crippen MR) is 76.4 cm³/mol. The van der Waals surface area contributed by atoms with Gasteiger partial charge < -0.3 is 0 Å². The summed E-state index contributed by atoms with van der Waals surface area (Å²) in [6, 6.07) is 6.77. The first-order valence-corrected chi connectivity index (χ1v) is 7.44. The molecule has 0 radical (unpaired) electrons. The van der Waals surface area contributed by atoms with Gasteiger partial charge in [-0.05, 0) is 43.1 Å². The molecule has 0 N–H and O–H groups in total. The van der Waals surface area contributed by atoms with Gasteiger partial charge in [0.05, 0.1) is 0 Å². The lowest BCUT2D eigenvalue weighted by molar-refractivity contribution is 0.0221. The number of alkyl halides is 2. The van der Waals surface area contributed by atoms with Crippen LogP contribution in [-0.2, 0) is 0 Å². The molecule has 0 atom stereocenters. The molecule has 20 heavy (non-hydrogen) atoms. The second kappa shape index (κ2) is 6.02. The van der Waals surface area contributed by atoms with Crippen LogP contribution in [0.4, 0.5) is 8.78 Å². The summed E-state index contributed by atoms with van der Waals surface area (Å²) < 4.78 is 26.0. The zero-order valence-electron chi connectivity index (χ0n) is 12.2. The van der Waals surface area contributed by atoms with Gasteiger partial charge in [0.15, 0.2) is 0 Å². The summed E-state index contributed by atoms with van der Waals surface area (Å²) in [6.07, 6.45) is 6.06. The molecule has 0 aliphatic heterocycles. The molecule has 3 heteroatoms. The smallest absolute Gasteiger partial charge is 0.287 e. The van der Waals surface area contributed by atoms with E-state index in [1.54, 1.807) is 12.1 Å². The van der Waals surface area contributed by atoms with E-state index in [1.165, 1.54) is 24.8 Å². The van der Waals surface area contributed by atoms with E-state index in [0.717, 1.165) is 18.8 Å². The number of benzene rings is 1. The van der Waals surface area contributed by atoms with Gasteiger partial charge in [-0.1, -0.05) is 37.6 Å². The molecule has 0 aromatic heterocycles. The number of ketones is 1. The highest BCUT2D eigenvalue weighted by Crippen LogP contribution is 2.37. The fourth-order valence-electron chi connectivity index (χ4n) is 3.06. The molecular formula is C17H22F2O. The maximum absolute atomic E-state index is 13.0. The molecule has 0 heterocycles. The van der Waals surface area contributed by atoms with Gasteiger partial charge in [-0.25, -0.2) is 0 Å². The molecule has 2 rings (SSSR count).